The van der Waals surface area contributed by atoms with Crippen LogP contribution in [0.2, 0.25) is 0 Å². The summed E-state index contributed by atoms with van der Waals surface area (Å²) in [6, 6.07) is 1.69. The zero-order valence-electron chi connectivity index (χ0n) is 18.2. The molecule has 0 N–H and O–H groups in total. The molecule has 10 heteroatoms. The van der Waals surface area contributed by atoms with Crippen LogP contribution in [0.1, 0.15) is 58.1 Å². The van der Waals surface area contributed by atoms with Gasteiger partial charge in [-0.2, -0.15) is 0 Å². The fourth-order valence-electron chi connectivity index (χ4n) is 4.35. The molecule has 2 aliphatic rings. The number of piperazine rings is 1. The average Bonchev–Trinajstić information content (AvgIpc) is 3.07. The van der Waals surface area contributed by atoms with Gasteiger partial charge < -0.3 is 19.5 Å². The van der Waals surface area contributed by atoms with E-state index in [4.69, 9.17) is 4.74 Å². The smallest absolute Gasteiger partial charge is 0.548 e. The minimum atomic E-state index is -1.50. The predicted molar refractivity (Wildman–Crippen MR) is 100.0 cm³/mol. The number of halogens is 2. The van der Waals surface area contributed by atoms with E-state index in [2.05, 4.69) is 0 Å². The summed E-state index contributed by atoms with van der Waals surface area (Å²) in [5.41, 5.74) is -1.99. The van der Waals surface area contributed by atoms with Crippen molar-refractivity contribution in [3.05, 3.63) is 35.4 Å². The van der Waals surface area contributed by atoms with Gasteiger partial charge in [-0.3, -0.25) is 9.69 Å². The van der Waals surface area contributed by atoms with Crippen LogP contribution in [0.25, 0.3) is 0 Å². The summed E-state index contributed by atoms with van der Waals surface area (Å²) in [5, 5.41) is 11.4. The largest absolute Gasteiger partial charge is 1.00 e. The van der Waals surface area contributed by atoms with Gasteiger partial charge in [0.05, 0.1) is 18.6 Å². The van der Waals surface area contributed by atoms with Crippen molar-refractivity contribution in [1.29, 1.82) is 0 Å². The number of rotatable bonds is 3. The molecule has 0 bridgehead atoms. The summed E-state index contributed by atoms with van der Waals surface area (Å²) in [6.07, 6.45) is 1.37. The van der Waals surface area contributed by atoms with E-state index in [1.54, 1.807) is 20.8 Å². The molecule has 31 heavy (non-hydrogen) atoms. The first-order valence-corrected chi connectivity index (χ1v) is 9.90. The van der Waals surface area contributed by atoms with Gasteiger partial charge in [-0.05, 0) is 51.3 Å². The molecule has 1 aromatic rings. The summed E-state index contributed by atoms with van der Waals surface area (Å²) in [6.45, 7) is 4.20. The second kappa shape index (κ2) is 9.17. The number of amides is 2. The van der Waals surface area contributed by atoms with E-state index >= 15 is 0 Å². The van der Waals surface area contributed by atoms with Crippen LogP contribution < -0.4 is 24.0 Å². The predicted octanol–water partition coefficient (Wildman–Crippen LogP) is -0.848. The van der Waals surface area contributed by atoms with E-state index in [-0.39, 0.29) is 31.0 Å². The molecular weight excluding hydrogens is 405 g/mol. The van der Waals surface area contributed by atoms with Crippen LogP contribution in [0, 0.1) is 11.6 Å². The third-order valence-electron chi connectivity index (χ3n) is 5.52. The zero-order valence-corrected chi connectivity index (χ0v) is 18.2. The second-order valence-electron chi connectivity index (χ2n) is 8.85. The van der Waals surface area contributed by atoms with Crippen molar-refractivity contribution < 1.29 is 51.9 Å². The Kier molecular flexibility index (Phi) is 7.44. The maximum atomic E-state index is 13.9. The van der Waals surface area contributed by atoms with Crippen molar-refractivity contribution in [2.75, 3.05) is 13.1 Å². The Balaban J connectivity index is 0.00000341. The minimum Gasteiger partial charge on any atom is -0.548 e. The minimum absolute atomic E-state index is 0. The molecule has 7 nitrogen and oxygen atoms in total. The first kappa shape index (κ1) is 25.2. The molecule has 1 aliphatic heterocycles. The van der Waals surface area contributed by atoms with Crippen LogP contribution in [0.15, 0.2) is 18.2 Å². The van der Waals surface area contributed by atoms with Gasteiger partial charge in [-0.15, -0.1) is 0 Å². The van der Waals surface area contributed by atoms with Crippen molar-refractivity contribution in [3.63, 3.8) is 0 Å². The molecule has 1 atom stereocenters. The van der Waals surface area contributed by atoms with E-state index in [0.717, 1.165) is 17.0 Å². The first-order valence-electron chi connectivity index (χ1n) is 9.90. The quantitative estimate of drug-likeness (QED) is 0.583. The number of ether oxygens (including phenoxy) is 1. The molecule has 164 valence electrons. The summed E-state index contributed by atoms with van der Waals surface area (Å²) < 4.78 is 33.2. The van der Waals surface area contributed by atoms with E-state index in [1.807, 2.05) is 0 Å². The van der Waals surface area contributed by atoms with Gasteiger partial charge in [0, 0.05) is 12.6 Å². The number of aliphatic carboxylic acids is 1. The number of hydrogen-bond donors (Lipinski definition) is 0. The Morgan fingerprint density at radius 3 is 2.19 bits per heavy atom. The summed E-state index contributed by atoms with van der Waals surface area (Å²) >= 11 is 0. The van der Waals surface area contributed by atoms with Crippen molar-refractivity contribution in [2.24, 2.45) is 0 Å². The Morgan fingerprint density at radius 1 is 1.16 bits per heavy atom. The van der Waals surface area contributed by atoms with Gasteiger partial charge in [-0.1, -0.05) is 12.8 Å². The van der Waals surface area contributed by atoms with E-state index in [1.165, 1.54) is 4.90 Å². The molecule has 2 amide bonds. The number of benzene rings is 1. The van der Waals surface area contributed by atoms with Crippen molar-refractivity contribution in [1.82, 2.24) is 9.80 Å². The third kappa shape index (κ3) is 5.21. The van der Waals surface area contributed by atoms with Crippen LogP contribution in [0.5, 0.6) is 0 Å². The molecule has 1 heterocycles. The van der Waals surface area contributed by atoms with Gasteiger partial charge in [0.15, 0.2) is 0 Å². The van der Waals surface area contributed by atoms with E-state index in [0.29, 0.717) is 31.7 Å². The maximum Gasteiger partial charge on any atom is 1.00 e. The second-order valence-corrected chi connectivity index (χ2v) is 8.85. The Labute approximate surface area is 191 Å². The summed E-state index contributed by atoms with van der Waals surface area (Å²) in [7, 11) is 0. The number of carboxylic acids is 1. The van der Waals surface area contributed by atoms with Crippen LogP contribution in [-0.4, -0.2) is 52.0 Å². The number of carboxylic acid groups (broad SMARTS) is 1. The first-order chi connectivity index (χ1) is 13.9. The van der Waals surface area contributed by atoms with Gasteiger partial charge in [-0.25, -0.2) is 13.6 Å². The van der Waals surface area contributed by atoms with Crippen LogP contribution in [-0.2, 0) is 14.3 Å². The van der Waals surface area contributed by atoms with E-state index < -0.39 is 53.3 Å². The fourth-order valence-corrected chi connectivity index (χ4v) is 4.35. The molecule has 1 aliphatic carbocycles. The molecule has 2 fully saturated rings. The number of nitrogens with zero attached hydrogens (tertiary/aromatic N) is 2. The molecule has 1 saturated heterocycles. The molecule has 0 unspecified atom stereocenters. The summed E-state index contributed by atoms with van der Waals surface area (Å²) in [5.74, 6) is -3.80. The SMILES string of the molecule is CC(C)(C)OC(=O)N1C[C@@H](c2cc(F)cc(F)c2)N(CC(=O)[O-])C(=O)C12CCCC2.[Li+]. The third-order valence-corrected chi connectivity index (χ3v) is 5.52. The number of carbonyl (C=O) groups excluding carboxylic acids is 3. The molecule has 0 radical (unpaired) electrons. The fraction of sp³-hybridized carbons (Fsp3) is 0.571. The van der Waals surface area contributed by atoms with Gasteiger partial charge >= 0.3 is 25.0 Å². The van der Waals surface area contributed by atoms with Crippen LogP contribution in [0.3, 0.4) is 0 Å². The topological polar surface area (TPSA) is 90.0 Å². The average molecular weight is 430 g/mol. The molecule has 3 rings (SSSR count). The van der Waals surface area contributed by atoms with E-state index in [9.17, 15) is 28.3 Å². The number of carbonyl (C=O) groups is 3. The normalized spacial score (nSPS) is 20.5. The Morgan fingerprint density at radius 2 is 1.71 bits per heavy atom. The van der Waals surface area contributed by atoms with Crippen LogP contribution in [0.4, 0.5) is 13.6 Å². The zero-order chi connectivity index (χ0) is 22.3. The maximum absolute atomic E-state index is 13.9. The Bertz CT molecular complexity index is 848. The van der Waals surface area contributed by atoms with Gasteiger partial charge in [0.1, 0.15) is 22.8 Å². The van der Waals surface area contributed by atoms with Crippen molar-refractivity contribution in [3.8, 4) is 0 Å². The summed E-state index contributed by atoms with van der Waals surface area (Å²) in [4.78, 5) is 40.3. The number of hydrogen-bond acceptors (Lipinski definition) is 5. The molecule has 1 spiro atoms. The molecule has 0 aromatic heterocycles. The molecular formula is C21H25F2LiN2O5. The molecule has 1 aromatic carbocycles. The monoisotopic (exact) mass is 430 g/mol. The van der Waals surface area contributed by atoms with Gasteiger partial charge in [0.25, 0.3) is 0 Å². The Hall–Kier alpha value is -2.11. The standard InChI is InChI=1S/C21H26F2N2O5.Li/c1-20(2,3)30-19(29)25-11-16(13-8-14(22)10-15(23)9-13)24(12-17(26)27)18(28)21(25)6-4-5-7-21;/h8-10,16H,4-7,11-12H2,1-3H3,(H,26,27);/q;+1/p-1/t16-;/m0./s1. The molecule has 1 saturated carbocycles. The van der Waals surface area contributed by atoms with Crippen LogP contribution >= 0.6 is 0 Å². The van der Waals surface area contributed by atoms with Crippen molar-refractivity contribution in [2.45, 2.75) is 63.6 Å². The van der Waals surface area contributed by atoms with Crippen molar-refractivity contribution >= 4 is 18.0 Å². The van der Waals surface area contributed by atoms with Gasteiger partial charge in [0.2, 0.25) is 5.91 Å².